The van der Waals surface area contributed by atoms with Gasteiger partial charge in [0.05, 0.1) is 12.8 Å². The zero-order valence-corrected chi connectivity index (χ0v) is 15.4. The van der Waals surface area contributed by atoms with Crippen LogP contribution in [0.15, 0.2) is 57.7 Å². The molecule has 0 aliphatic carbocycles. The minimum absolute atomic E-state index is 0.191. The SMILES string of the molecule is CC(C)(C)c1nc(CN(Cc2ccccc2)C[C@@H](O)c2ccco2)no1. The van der Waals surface area contributed by atoms with Crippen molar-refractivity contribution in [1.82, 2.24) is 15.0 Å². The van der Waals surface area contributed by atoms with Crippen molar-refractivity contribution in [2.45, 2.75) is 45.4 Å². The van der Waals surface area contributed by atoms with E-state index in [0.717, 1.165) is 5.56 Å². The van der Waals surface area contributed by atoms with Gasteiger partial charge in [-0.1, -0.05) is 56.3 Å². The zero-order valence-electron chi connectivity index (χ0n) is 15.4. The van der Waals surface area contributed by atoms with Crippen molar-refractivity contribution < 1.29 is 14.0 Å². The molecule has 138 valence electrons. The molecule has 2 heterocycles. The number of aromatic nitrogens is 2. The fourth-order valence-corrected chi connectivity index (χ4v) is 2.66. The first kappa shape index (κ1) is 18.4. The summed E-state index contributed by atoms with van der Waals surface area (Å²) in [7, 11) is 0. The standard InChI is InChI=1S/C20H25N3O3/c1-20(2,3)19-21-18(22-26-19)14-23(12-15-8-5-4-6-9-15)13-16(24)17-10-7-11-25-17/h4-11,16,24H,12-14H2,1-3H3/t16-/m1/s1. The lowest BCUT2D eigenvalue weighted by atomic mass is 9.97. The summed E-state index contributed by atoms with van der Waals surface area (Å²) in [5, 5.41) is 14.6. The Hall–Kier alpha value is -2.44. The highest BCUT2D eigenvalue weighted by atomic mass is 16.5. The number of benzene rings is 1. The predicted molar refractivity (Wildman–Crippen MR) is 97.2 cm³/mol. The Morgan fingerprint density at radius 3 is 2.46 bits per heavy atom. The van der Waals surface area contributed by atoms with Crippen molar-refractivity contribution in [2.75, 3.05) is 6.54 Å². The van der Waals surface area contributed by atoms with Crippen LogP contribution >= 0.6 is 0 Å². The summed E-state index contributed by atoms with van der Waals surface area (Å²) in [6, 6.07) is 13.7. The van der Waals surface area contributed by atoms with E-state index in [2.05, 4.69) is 27.2 Å². The van der Waals surface area contributed by atoms with Gasteiger partial charge in [0, 0.05) is 18.5 Å². The number of aliphatic hydroxyl groups excluding tert-OH is 1. The van der Waals surface area contributed by atoms with Crippen molar-refractivity contribution in [3.8, 4) is 0 Å². The third kappa shape index (κ3) is 4.80. The third-order valence-electron chi connectivity index (χ3n) is 4.03. The van der Waals surface area contributed by atoms with Gasteiger partial charge in [0.1, 0.15) is 11.9 Å². The lowest BCUT2D eigenvalue weighted by Gasteiger charge is -2.23. The molecule has 26 heavy (non-hydrogen) atoms. The molecule has 0 saturated carbocycles. The summed E-state index contributed by atoms with van der Waals surface area (Å²) in [5.41, 5.74) is 0.960. The molecule has 0 amide bonds. The van der Waals surface area contributed by atoms with Crippen molar-refractivity contribution in [2.24, 2.45) is 0 Å². The molecule has 6 nitrogen and oxygen atoms in total. The largest absolute Gasteiger partial charge is 0.467 e. The fraction of sp³-hybridized carbons (Fsp3) is 0.400. The van der Waals surface area contributed by atoms with Crippen molar-refractivity contribution >= 4 is 0 Å². The average molecular weight is 355 g/mol. The molecule has 0 unspecified atom stereocenters. The third-order valence-corrected chi connectivity index (χ3v) is 4.03. The van der Waals surface area contributed by atoms with Crippen LogP contribution in [0.2, 0.25) is 0 Å². The normalized spacial score (nSPS) is 13.3. The molecule has 0 radical (unpaired) electrons. The lowest BCUT2D eigenvalue weighted by molar-refractivity contribution is 0.0856. The van der Waals surface area contributed by atoms with Crippen LogP contribution in [0, 0.1) is 0 Å². The number of hydrogen-bond donors (Lipinski definition) is 1. The molecule has 3 aromatic rings. The van der Waals surface area contributed by atoms with E-state index in [1.807, 2.05) is 39.0 Å². The van der Waals surface area contributed by atoms with Crippen LogP contribution in [0.5, 0.6) is 0 Å². The minimum Gasteiger partial charge on any atom is -0.467 e. The van der Waals surface area contributed by atoms with Gasteiger partial charge in [0.2, 0.25) is 5.89 Å². The first-order valence-corrected chi connectivity index (χ1v) is 8.72. The van der Waals surface area contributed by atoms with E-state index >= 15 is 0 Å². The van der Waals surface area contributed by atoms with E-state index in [-0.39, 0.29) is 5.41 Å². The van der Waals surface area contributed by atoms with Crippen LogP contribution in [-0.4, -0.2) is 26.7 Å². The number of nitrogens with zero attached hydrogens (tertiary/aromatic N) is 3. The molecule has 0 fully saturated rings. The zero-order chi connectivity index (χ0) is 18.6. The molecular weight excluding hydrogens is 330 g/mol. The molecule has 1 aromatic carbocycles. The molecule has 3 rings (SSSR count). The molecule has 6 heteroatoms. The van der Waals surface area contributed by atoms with Crippen LogP contribution in [0.25, 0.3) is 0 Å². The summed E-state index contributed by atoms with van der Waals surface area (Å²) in [6.45, 7) is 7.65. The first-order chi connectivity index (χ1) is 12.4. The van der Waals surface area contributed by atoms with Gasteiger partial charge >= 0.3 is 0 Å². The quantitative estimate of drug-likeness (QED) is 0.696. The van der Waals surface area contributed by atoms with Crippen molar-refractivity contribution in [1.29, 1.82) is 0 Å². The molecule has 1 atom stereocenters. The summed E-state index contributed by atoms with van der Waals surface area (Å²) in [4.78, 5) is 6.59. The van der Waals surface area contributed by atoms with Gasteiger partial charge in [0.15, 0.2) is 5.82 Å². The maximum absolute atomic E-state index is 10.5. The van der Waals surface area contributed by atoms with Crippen LogP contribution < -0.4 is 0 Å². The smallest absolute Gasteiger partial charge is 0.232 e. The van der Waals surface area contributed by atoms with Crippen LogP contribution in [0.1, 0.15) is 49.9 Å². The minimum atomic E-state index is -0.720. The predicted octanol–water partition coefficient (Wildman–Crippen LogP) is 3.70. The number of hydrogen-bond acceptors (Lipinski definition) is 6. The van der Waals surface area contributed by atoms with Crippen molar-refractivity contribution in [3.63, 3.8) is 0 Å². The van der Waals surface area contributed by atoms with Gasteiger partial charge in [-0.3, -0.25) is 4.90 Å². The van der Waals surface area contributed by atoms with Gasteiger partial charge in [-0.05, 0) is 17.7 Å². The topological polar surface area (TPSA) is 75.5 Å². The Bertz CT molecular complexity index is 791. The van der Waals surface area contributed by atoms with Crippen molar-refractivity contribution in [3.05, 3.63) is 71.8 Å². The van der Waals surface area contributed by atoms with E-state index < -0.39 is 6.10 Å². The van der Waals surface area contributed by atoms with Gasteiger partial charge in [0.25, 0.3) is 0 Å². The molecular formula is C20H25N3O3. The second kappa shape index (κ2) is 7.85. The van der Waals surface area contributed by atoms with E-state index in [9.17, 15) is 5.11 Å². The molecule has 0 spiro atoms. The van der Waals surface area contributed by atoms with Gasteiger partial charge < -0.3 is 14.0 Å². The van der Waals surface area contributed by atoms with Gasteiger partial charge in [-0.2, -0.15) is 4.98 Å². The van der Waals surface area contributed by atoms with E-state index in [4.69, 9.17) is 8.94 Å². The van der Waals surface area contributed by atoms with E-state index in [1.165, 1.54) is 0 Å². The summed E-state index contributed by atoms with van der Waals surface area (Å²) in [5.74, 6) is 1.77. The Labute approximate surface area is 153 Å². The second-order valence-electron chi connectivity index (χ2n) is 7.45. The van der Waals surface area contributed by atoms with Gasteiger partial charge in [-0.15, -0.1) is 0 Å². The monoisotopic (exact) mass is 355 g/mol. The highest BCUT2D eigenvalue weighted by Crippen LogP contribution is 2.21. The first-order valence-electron chi connectivity index (χ1n) is 8.72. The Morgan fingerprint density at radius 2 is 1.85 bits per heavy atom. The average Bonchev–Trinajstić information content (AvgIpc) is 3.27. The highest BCUT2D eigenvalue weighted by Gasteiger charge is 2.23. The molecule has 1 N–H and O–H groups in total. The van der Waals surface area contributed by atoms with Crippen LogP contribution in [0.4, 0.5) is 0 Å². The molecule has 0 saturated heterocycles. The van der Waals surface area contributed by atoms with Gasteiger partial charge in [-0.25, -0.2) is 0 Å². The maximum Gasteiger partial charge on any atom is 0.232 e. The fourth-order valence-electron chi connectivity index (χ4n) is 2.66. The van der Waals surface area contributed by atoms with E-state index in [1.54, 1.807) is 18.4 Å². The Kier molecular flexibility index (Phi) is 5.54. The number of furan rings is 1. The maximum atomic E-state index is 10.5. The molecule has 2 aromatic heterocycles. The van der Waals surface area contributed by atoms with Crippen LogP contribution in [-0.2, 0) is 18.5 Å². The summed E-state index contributed by atoms with van der Waals surface area (Å²) < 4.78 is 10.7. The number of rotatable bonds is 7. The molecule has 0 aliphatic rings. The Morgan fingerprint density at radius 1 is 1.08 bits per heavy atom. The Balaban J connectivity index is 1.74. The summed E-state index contributed by atoms with van der Waals surface area (Å²) >= 11 is 0. The van der Waals surface area contributed by atoms with Crippen LogP contribution in [0.3, 0.4) is 0 Å². The number of aliphatic hydroxyl groups is 1. The second-order valence-corrected chi connectivity index (χ2v) is 7.45. The van der Waals surface area contributed by atoms with E-state index in [0.29, 0.717) is 37.1 Å². The highest BCUT2D eigenvalue weighted by molar-refractivity contribution is 5.15. The lowest BCUT2D eigenvalue weighted by Crippen LogP contribution is -2.28. The summed E-state index contributed by atoms with van der Waals surface area (Å²) in [6.07, 6.45) is 0.845. The molecule has 0 bridgehead atoms. The molecule has 0 aliphatic heterocycles.